The van der Waals surface area contributed by atoms with Crippen molar-refractivity contribution < 1.29 is 20.1 Å². The second kappa shape index (κ2) is 4.38. The highest BCUT2D eigenvalue weighted by molar-refractivity contribution is 5.81. The summed E-state index contributed by atoms with van der Waals surface area (Å²) < 4.78 is 5.36. The molecular weight excluding hydrogens is 254 g/mol. The molecule has 0 aromatic carbocycles. The van der Waals surface area contributed by atoms with Crippen molar-refractivity contribution in [1.29, 1.82) is 0 Å². The van der Waals surface area contributed by atoms with Gasteiger partial charge in [-0.2, -0.15) is 0 Å². The SMILES string of the molecule is Nc1ncnc2nc([C@@H]3O[C@@H](CO)[C@@H](O)[C@@H]3O)[nH]c12. The van der Waals surface area contributed by atoms with Gasteiger partial charge in [-0.25, -0.2) is 15.0 Å². The van der Waals surface area contributed by atoms with Crippen LogP contribution in [0.25, 0.3) is 11.2 Å². The van der Waals surface area contributed by atoms with Crippen LogP contribution in [0.1, 0.15) is 11.9 Å². The number of nitrogens with one attached hydrogen (secondary N) is 1. The van der Waals surface area contributed by atoms with Crippen LogP contribution in [0.4, 0.5) is 5.82 Å². The topological polar surface area (TPSA) is 150 Å². The van der Waals surface area contributed by atoms with Gasteiger partial charge >= 0.3 is 0 Å². The number of hydrogen-bond donors (Lipinski definition) is 5. The predicted octanol–water partition coefficient (Wildman–Crippen LogP) is -1.91. The maximum atomic E-state index is 9.89. The van der Waals surface area contributed by atoms with Gasteiger partial charge in [-0.05, 0) is 0 Å². The molecule has 4 atom stereocenters. The normalized spacial score (nSPS) is 31.1. The van der Waals surface area contributed by atoms with Crippen LogP contribution in [-0.2, 0) is 4.74 Å². The lowest BCUT2D eigenvalue weighted by atomic mass is 10.1. The molecule has 1 aliphatic rings. The molecular formula is C10H13N5O4. The van der Waals surface area contributed by atoms with E-state index in [0.717, 1.165) is 0 Å². The number of nitrogens with two attached hydrogens (primary N) is 1. The number of aromatic amines is 1. The molecule has 2 aromatic rings. The number of aromatic nitrogens is 4. The van der Waals surface area contributed by atoms with Crippen molar-refractivity contribution in [3.8, 4) is 0 Å². The number of ether oxygens (including phenoxy) is 1. The van der Waals surface area contributed by atoms with Crippen molar-refractivity contribution >= 4 is 17.0 Å². The number of hydrogen-bond acceptors (Lipinski definition) is 8. The molecule has 0 amide bonds. The third-order valence-electron chi connectivity index (χ3n) is 3.15. The lowest BCUT2D eigenvalue weighted by Crippen LogP contribution is -2.32. The minimum absolute atomic E-state index is 0.232. The Labute approximate surface area is 107 Å². The van der Waals surface area contributed by atoms with E-state index in [1.165, 1.54) is 6.33 Å². The molecule has 3 rings (SSSR count). The van der Waals surface area contributed by atoms with Crippen LogP contribution in [0, 0.1) is 0 Å². The highest BCUT2D eigenvalue weighted by atomic mass is 16.6. The van der Waals surface area contributed by atoms with Gasteiger partial charge in [0.1, 0.15) is 42.1 Å². The fourth-order valence-corrected chi connectivity index (χ4v) is 2.12. The first-order valence-electron chi connectivity index (χ1n) is 5.70. The van der Waals surface area contributed by atoms with Crippen molar-refractivity contribution in [1.82, 2.24) is 19.9 Å². The maximum absolute atomic E-state index is 9.89. The van der Waals surface area contributed by atoms with Gasteiger partial charge in [0, 0.05) is 0 Å². The number of aliphatic hydroxyl groups excluding tert-OH is 3. The van der Waals surface area contributed by atoms with Crippen LogP contribution >= 0.6 is 0 Å². The Morgan fingerprint density at radius 3 is 2.74 bits per heavy atom. The van der Waals surface area contributed by atoms with Gasteiger partial charge in [0.25, 0.3) is 0 Å². The smallest absolute Gasteiger partial charge is 0.183 e. The van der Waals surface area contributed by atoms with E-state index in [9.17, 15) is 10.2 Å². The van der Waals surface area contributed by atoms with Crippen LogP contribution < -0.4 is 5.73 Å². The summed E-state index contributed by atoms with van der Waals surface area (Å²) in [6, 6.07) is 0. The summed E-state index contributed by atoms with van der Waals surface area (Å²) in [7, 11) is 0. The Bertz CT molecular complexity index is 603. The molecule has 0 spiro atoms. The Balaban J connectivity index is 1.99. The van der Waals surface area contributed by atoms with Crippen molar-refractivity contribution in [2.45, 2.75) is 24.4 Å². The summed E-state index contributed by atoms with van der Waals surface area (Å²) in [4.78, 5) is 14.8. The molecule has 2 aromatic heterocycles. The summed E-state index contributed by atoms with van der Waals surface area (Å²) in [5.41, 5.74) is 6.46. The molecule has 0 bridgehead atoms. The molecule has 1 saturated heterocycles. The first-order valence-corrected chi connectivity index (χ1v) is 5.70. The zero-order valence-electron chi connectivity index (χ0n) is 9.76. The molecule has 1 aliphatic heterocycles. The van der Waals surface area contributed by atoms with Gasteiger partial charge in [-0.15, -0.1) is 0 Å². The summed E-state index contributed by atoms with van der Waals surface area (Å²) >= 11 is 0. The molecule has 3 heterocycles. The highest BCUT2D eigenvalue weighted by Gasteiger charge is 2.44. The van der Waals surface area contributed by atoms with Crippen LogP contribution in [0.3, 0.4) is 0 Å². The lowest BCUT2D eigenvalue weighted by Gasteiger charge is -2.11. The number of nitrogen functional groups attached to an aromatic ring is 1. The van der Waals surface area contributed by atoms with Crippen LogP contribution in [-0.4, -0.2) is 60.2 Å². The van der Waals surface area contributed by atoms with Gasteiger partial charge < -0.3 is 30.8 Å². The lowest BCUT2D eigenvalue weighted by molar-refractivity contribution is -0.0249. The van der Waals surface area contributed by atoms with E-state index in [0.29, 0.717) is 11.2 Å². The molecule has 0 aliphatic carbocycles. The number of imidazole rings is 1. The van der Waals surface area contributed by atoms with E-state index in [4.69, 9.17) is 15.6 Å². The summed E-state index contributed by atoms with van der Waals surface area (Å²) in [5, 5.41) is 28.6. The fourth-order valence-electron chi connectivity index (χ4n) is 2.12. The average molecular weight is 267 g/mol. The standard InChI is InChI=1S/C10H13N5O4/c11-8-4-9(13-2-12-8)15-10(14-4)7-6(18)5(17)3(1-16)19-7/h2-3,5-7,16-18H,1H2,(H3,11,12,13,14,15)/t3-,5+,6-,7+/m0/s1. The van der Waals surface area contributed by atoms with Crippen molar-refractivity contribution in [2.75, 3.05) is 12.3 Å². The molecule has 0 unspecified atom stereocenters. The summed E-state index contributed by atoms with van der Waals surface area (Å²) in [6.45, 7) is -0.392. The first-order chi connectivity index (χ1) is 9.11. The number of nitrogens with zero attached hydrogens (tertiary/aromatic N) is 3. The molecule has 19 heavy (non-hydrogen) atoms. The number of rotatable bonds is 2. The third kappa shape index (κ3) is 1.83. The summed E-state index contributed by atoms with van der Waals surface area (Å²) in [6.07, 6.45) is -2.81. The molecule has 0 saturated carbocycles. The van der Waals surface area contributed by atoms with E-state index in [-0.39, 0.29) is 11.6 Å². The number of anilines is 1. The van der Waals surface area contributed by atoms with Gasteiger partial charge in [0.05, 0.1) is 6.61 Å². The minimum Gasteiger partial charge on any atom is -0.394 e. The van der Waals surface area contributed by atoms with Crippen molar-refractivity contribution in [3.05, 3.63) is 12.2 Å². The molecule has 0 radical (unpaired) electrons. The molecule has 9 nitrogen and oxygen atoms in total. The molecule has 6 N–H and O–H groups in total. The first kappa shape index (κ1) is 12.2. The second-order valence-electron chi connectivity index (χ2n) is 4.34. The zero-order valence-corrected chi connectivity index (χ0v) is 9.76. The van der Waals surface area contributed by atoms with Crippen molar-refractivity contribution in [3.63, 3.8) is 0 Å². The quantitative estimate of drug-likeness (QED) is 0.423. The van der Waals surface area contributed by atoms with Gasteiger partial charge in [-0.3, -0.25) is 0 Å². The molecule has 102 valence electrons. The van der Waals surface area contributed by atoms with E-state index >= 15 is 0 Å². The predicted molar refractivity (Wildman–Crippen MR) is 62.8 cm³/mol. The number of H-pyrrole nitrogens is 1. The number of aliphatic hydroxyl groups is 3. The Morgan fingerprint density at radius 1 is 1.32 bits per heavy atom. The maximum Gasteiger partial charge on any atom is 0.183 e. The largest absolute Gasteiger partial charge is 0.394 e. The fraction of sp³-hybridized carbons (Fsp3) is 0.500. The Hall–Kier alpha value is -1.81. The van der Waals surface area contributed by atoms with Gasteiger partial charge in [0.2, 0.25) is 0 Å². The zero-order chi connectivity index (χ0) is 13.6. The second-order valence-corrected chi connectivity index (χ2v) is 4.34. The van der Waals surface area contributed by atoms with Gasteiger partial charge in [0.15, 0.2) is 11.5 Å². The van der Waals surface area contributed by atoms with Crippen molar-refractivity contribution in [2.24, 2.45) is 0 Å². The van der Waals surface area contributed by atoms with Crippen LogP contribution in [0.5, 0.6) is 0 Å². The Morgan fingerprint density at radius 2 is 2.11 bits per heavy atom. The Kier molecular flexibility index (Phi) is 2.82. The van der Waals surface area contributed by atoms with E-state index in [1.54, 1.807) is 0 Å². The van der Waals surface area contributed by atoms with Crippen LogP contribution in [0.2, 0.25) is 0 Å². The van der Waals surface area contributed by atoms with Crippen LogP contribution in [0.15, 0.2) is 6.33 Å². The van der Waals surface area contributed by atoms with E-state index in [1.807, 2.05) is 0 Å². The number of fused-ring (bicyclic) bond motifs is 1. The van der Waals surface area contributed by atoms with E-state index in [2.05, 4.69) is 19.9 Å². The third-order valence-corrected chi connectivity index (χ3v) is 3.15. The average Bonchev–Trinajstić information content (AvgIpc) is 2.94. The minimum atomic E-state index is -1.19. The highest BCUT2D eigenvalue weighted by Crippen LogP contribution is 2.32. The monoisotopic (exact) mass is 267 g/mol. The molecule has 1 fully saturated rings. The summed E-state index contributed by atoms with van der Waals surface area (Å²) in [5.74, 6) is 0.514. The van der Waals surface area contributed by atoms with Gasteiger partial charge in [-0.1, -0.05) is 0 Å². The van der Waals surface area contributed by atoms with E-state index < -0.39 is 31.0 Å². The molecule has 9 heteroatoms.